The van der Waals surface area contributed by atoms with Gasteiger partial charge in [-0.3, -0.25) is 14.4 Å². The highest BCUT2D eigenvalue weighted by Crippen LogP contribution is 2.15. The van der Waals surface area contributed by atoms with E-state index in [1.807, 2.05) is 0 Å². The molecule has 0 heterocycles. The molecule has 78 heavy (non-hydrogen) atoms. The normalized spacial score (nSPS) is 12.9. The number of esters is 3. The summed E-state index contributed by atoms with van der Waals surface area (Å²) in [5.74, 6) is -0.914. The van der Waals surface area contributed by atoms with Gasteiger partial charge in [-0.25, -0.2) is 0 Å². The Morgan fingerprint density at radius 3 is 0.833 bits per heavy atom. The predicted octanol–water partition coefficient (Wildman–Crippen LogP) is 22.4. The predicted molar refractivity (Wildman–Crippen MR) is 339 cm³/mol. The average molecular weight is 1080 g/mol. The van der Waals surface area contributed by atoms with Crippen molar-refractivity contribution in [3.05, 3.63) is 122 Å². The van der Waals surface area contributed by atoms with Crippen molar-refractivity contribution >= 4 is 17.9 Å². The monoisotopic (exact) mass is 1080 g/mol. The molecule has 0 aliphatic carbocycles. The van der Waals surface area contributed by atoms with Crippen molar-refractivity contribution in [1.82, 2.24) is 0 Å². The van der Waals surface area contributed by atoms with Crippen LogP contribution in [0, 0.1) is 0 Å². The zero-order valence-corrected chi connectivity index (χ0v) is 50.9. The Morgan fingerprint density at radius 2 is 0.513 bits per heavy atom. The molecule has 0 aromatic rings. The van der Waals surface area contributed by atoms with E-state index in [9.17, 15) is 14.4 Å². The quantitative estimate of drug-likeness (QED) is 0.0261. The van der Waals surface area contributed by atoms with Crippen LogP contribution in [0.5, 0.6) is 0 Å². The number of ether oxygens (including phenoxy) is 3. The lowest BCUT2D eigenvalue weighted by atomic mass is 10.1. The van der Waals surface area contributed by atoms with Crippen LogP contribution < -0.4 is 0 Å². The van der Waals surface area contributed by atoms with Crippen molar-refractivity contribution in [2.45, 2.75) is 303 Å². The molecule has 0 aliphatic heterocycles. The molecule has 0 saturated heterocycles. The molecule has 0 aromatic heterocycles. The Morgan fingerprint density at radius 1 is 0.269 bits per heavy atom. The Balaban J connectivity index is 4.30. The second kappa shape index (κ2) is 65.3. The average Bonchev–Trinajstić information content (AvgIpc) is 3.44. The smallest absolute Gasteiger partial charge is 0.306 e. The number of carbonyl (C=O) groups excluding carboxylic acids is 3. The van der Waals surface area contributed by atoms with Crippen LogP contribution in [0.25, 0.3) is 0 Å². The molecular weight excluding hydrogens is 961 g/mol. The van der Waals surface area contributed by atoms with Crippen LogP contribution in [0.3, 0.4) is 0 Å². The first-order valence-electron chi connectivity index (χ1n) is 32.5. The van der Waals surface area contributed by atoms with Gasteiger partial charge in [0.25, 0.3) is 0 Å². The van der Waals surface area contributed by atoms with Crippen molar-refractivity contribution in [2.24, 2.45) is 0 Å². The number of hydrogen-bond donors (Lipinski definition) is 0. The summed E-state index contributed by atoms with van der Waals surface area (Å²) in [6.45, 7) is 6.47. The van der Waals surface area contributed by atoms with Crippen LogP contribution in [0.2, 0.25) is 0 Å². The fraction of sp³-hybridized carbons (Fsp3) is 0.681. The molecule has 0 fully saturated rings. The van der Waals surface area contributed by atoms with Gasteiger partial charge >= 0.3 is 17.9 Å². The Labute approximate surface area is 482 Å². The van der Waals surface area contributed by atoms with E-state index in [2.05, 4.69) is 142 Å². The highest BCUT2D eigenvalue weighted by Gasteiger charge is 2.19. The molecule has 0 aliphatic rings. The number of carbonyl (C=O) groups is 3. The first kappa shape index (κ1) is 73.8. The van der Waals surface area contributed by atoms with Crippen LogP contribution >= 0.6 is 0 Å². The van der Waals surface area contributed by atoms with E-state index in [0.717, 1.165) is 128 Å². The molecule has 0 amide bonds. The van der Waals surface area contributed by atoms with E-state index in [1.54, 1.807) is 0 Å². The third kappa shape index (κ3) is 62.7. The third-order valence-electron chi connectivity index (χ3n) is 13.7. The first-order chi connectivity index (χ1) is 38.5. The van der Waals surface area contributed by atoms with E-state index < -0.39 is 6.10 Å². The largest absolute Gasteiger partial charge is 0.462 e. The summed E-state index contributed by atoms with van der Waals surface area (Å²) in [4.78, 5) is 38.2. The van der Waals surface area contributed by atoms with Gasteiger partial charge in [-0.2, -0.15) is 0 Å². The molecule has 1 unspecified atom stereocenters. The molecule has 6 nitrogen and oxygen atoms in total. The fourth-order valence-corrected chi connectivity index (χ4v) is 8.79. The van der Waals surface area contributed by atoms with Gasteiger partial charge in [0.05, 0.1) is 0 Å². The van der Waals surface area contributed by atoms with Crippen LogP contribution in [-0.4, -0.2) is 37.2 Å². The second-order valence-electron chi connectivity index (χ2n) is 21.3. The lowest BCUT2D eigenvalue weighted by molar-refractivity contribution is -0.167. The van der Waals surface area contributed by atoms with Gasteiger partial charge < -0.3 is 14.2 Å². The maximum atomic E-state index is 12.9. The second-order valence-corrected chi connectivity index (χ2v) is 21.3. The minimum absolute atomic E-state index is 0.0898. The van der Waals surface area contributed by atoms with Crippen LogP contribution in [0.1, 0.15) is 297 Å². The summed E-state index contributed by atoms with van der Waals surface area (Å²) in [5, 5.41) is 0. The molecule has 1 atom stereocenters. The van der Waals surface area contributed by atoms with Gasteiger partial charge in [-0.1, -0.05) is 271 Å². The van der Waals surface area contributed by atoms with Crippen LogP contribution in [0.4, 0.5) is 0 Å². The van der Waals surface area contributed by atoms with E-state index in [1.165, 1.54) is 128 Å². The van der Waals surface area contributed by atoms with Crippen LogP contribution in [-0.2, 0) is 28.6 Å². The number of allylic oxidation sites excluding steroid dienone is 20. The van der Waals surface area contributed by atoms with Gasteiger partial charge in [-0.05, 0) is 128 Å². The van der Waals surface area contributed by atoms with Crippen molar-refractivity contribution in [3.63, 3.8) is 0 Å². The fourth-order valence-electron chi connectivity index (χ4n) is 8.79. The first-order valence-corrected chi connectivity index (χ1v) is 32.5. The molecule has 0 spiro atoms. The lowest BCUT2D eigenvalue weighted by Crippen LogP contribution is -2.30. The summed E-state index contributed by atoms with van der Waals surface area (Å²) in [7, 11) is 0. The summed E-state index contributed by atoms with van der Waals surface area (Å²) < 4.78 is 16.9. The van der Waals surface area contributed by atoms with Gasteiger partial charge in [0.1, 0.15) is 13.2 Å². The van der Waals surface area contributed by atoms with Crippen molar-refractivity contribution in [3.8, 4) is 0 Å². The standard InChI is InChI=1S/C72H120O6/c1-4-7-10-13-16-19-22-24-26-28-30-31-32-33-34-35-36-37-38-39-40-41-42-44-45-47-50-53-56-59-62-65-71(74)77-68-69(67-76-70(73)64-61-58-55-52-49-21-18-15-12-9-6-3)78-72(75)66-63-60-57-54-51-48-46-43-29-27-25-23-20-17-14-11-8-5-2/h7,10,15-16,18-19,24,26-27,29-31,33-34,36-37,39-40,42,44,69H,4-6,8-9,11-14,17,20-23,25,28,32,35,38,41,43,45-68H2,1-3H3/b10-7-,18-15-,19-16-,26-24-,29-27-,31-30-,34-33-,37-36-,40-39-,44-42-. The number of hydrogen-bond acceptors (Lipinski definition) is 6. The highest BCUT2D eigenvalue weighted by atomic mass is 16.6. The van der Waals surface area contributed by atoms with Crippen molar-refractivity contribution in [2.75, 3.05) is 13.2 Å². The minimum atomic E-state index is -0.793. The van der Waals surface area contributed by atoms with Gasteiger partial charge in [0, 0.05) is 19.3 Å². The maximum absolute atomic E-state index is 12.9. The summed E-state index contributed by atoms with van der Waals surface area (Å²) in [6.07, 6.45) is 90.6. The summed E-state index contributed by atoms with van der Waals surface area (Å²) >= 11 is 0. The molecule has 0 aromatic carbocycles. The molecule has 0 N–H and O–H groups in total. The summed E-state index contributed by atoms with van der Waals surface area (Å²) in [5.41, 5.74) is 0. The number of unbranched alkanes of at least 4 members (excludes halogenated alkanes) is 27. The van der Waals surface area contributed by atoms with E-state index in [4.69, 9.17) is 14.2 Å². The maximum Gasteiger partial charge on any atom is 0.306 e. The van der Waals surface area contributed by atoms with E-state index in [-0.39, 0.29) is 31.1 Å². The van der Waals surface area contributed by atoms with Gasteiger partial charge in [-0.15, -0.1) is 0 Å². The summed E-state index contributed by atoms with van der Waals surface area (Å²) in [6, 6.07) is 0. The highest BCUT2D eigenvalue weighted by molar-refractivity contribution is 5.71. The molecule has 0 saturated carbocycles. The van der Waals surface area contributed by atoms with E-state index in [0.29, 0.717) is 19.3 Å². The van der Waals surface area contributed by atoms with Crippen LogP contribution in [0.15, 0.2) is 122 Å². The van der Waals surface area contributed by atoms with Crippen molar-refractivity contribution in [1.29, 1.82) is 0 Å². The lowest BCUT2D eigenvalue weighted by Gasteiger charge is -2.18. The molecule has 0 bridgehead atoms. The SMILES string of the molecule is CC/C=C\C/C=C\C/C=C\C/C=C\C/C=C\C/C=C\C/C=C\C/C=C\CCCCCCCCC(=O)OCC(COC(=O)CCCCCCC/C=C\CCCC)OC(=O)CCCCCCCCC/C=C\CCCCCCCCC. The molecule has 444 valence electrons. The van der Waals surface area contributed by atoms with Gasteiger partial charge in [0.2, 0.25) is 0 Å². The van der Waals surface area contributed by atoms with E-state index >= 15 is 0 Å². The van der Waals surface area contributed by atoms with Crippen molar-refractivity contribution < 1.29 is 28.6 Å². The number of rotatable bonds is 58. The Kier molecular flexibility index (Phi) is 61.8. The molecular formula is C72H120O6. The molecule has 6 heteroatoms. The topological polar surface area (TPSA) is 78.9 Å². The minimum Gasteiger partial charge on any atom is -0.462 e. The van der Waals surface area contributed by atoms with Gasteiger partial charge in [0.15, 0.2) is 6.10 Å². The molecule has 0 rings (SSSR count). The molecule has 0 radical (unpaired) electrons. The Bertz CT molecular complexity index is 1620. The Hall–Kier alpha value is -4.19. The third-order valence-corrected chi connectivity index (χ3v) is 13.7. The zero-order chi connectivity index (χ0) is 56.4. The zero-order valence-electron chi connectivity index (χ0n) is 50.9.